The van der Waals surface area contributed by atoms with Crippen LogP contribution in [0.15, 0.2) is 24.3 Å². The lowest BCUT2D eigenvalue weighted by Gasteiger charge is -2.25. The number of para-hydroxylation sites is 2. The van der Waals surface area contributed by atoms with Gasteiger partial charge in [-0.3, -0.25) is 4.79 Å². The summed E-state index contributed by atoms with van der Waals surface area (Å²) in [6.45, 7) is -0.346. The molecule has 1 aromatic carbocycles. The number of carbonyl (C=O) groups is 2. The molecule has 19 heavy (non-hydrogen) atoms. The fraction of sp³-hybridized carbons (Fsp3) is 0.333. The maximum Gasteiger partial charge on any atom is 0.334 e. The first-order chi connectivity index (χ1) is 9.08. The molecule has 0 saturated heterocycles. The van der Waals surface area contributed by atoms with E-state index in [0.717, 1.165) is 0 Å². The molecule has 0 aromatic heterocycles. The van der Waals surface area contributed by atoms with Gasteiger partial charge in [0.25, 0.3) is 5.91 Å². The molecule has 1 unspecified atom stereocenters. The highest BCUT2D eigenvalue weighted by Gasteiger charge is 2.27. The number of amides is 1. The number of hydrogen-bond donors (Lipinski definition) is 3. The van der Waals surface area contributed by atoms with Crippen molar-refractivity contribution in [2.45, 2.75) is 12.2 Å². The summed E-state index contributed by atoms with van der Waals surface area (Å²) >= 11 is 0. The van der Waals surface area contributed by atoms with E-state index in [0.29, 0.717) is 11.5 Å². The lowest BCUT2D eigenvalue weighted by molar-refractivity contribution is -0.146. The second-order valence-corrected chi connectivity index (χ2v) is 3.96. The van der Waals surface area contributed by atoms with Gasteiger partial charge in [0.1, 0.15) is 6.61 Å². The fourth-order valence-electron chi connectivity index (χ4n) is 1.55. The van der Waals surface area contributed by atoms with Crippen LogP contribution in [0.25, 0.3) is 0 Å². The predicted octanol–water partition coefficient (Wildman–Crippen LogP) is -0.612. The minimum atomic E-state index is -1.64. The number of carboxylic acids is 1. The Hall–Kier alpha value is -2.28. The number of benzene rings is 1. The number of nitrogens with one attached hydrogen (secondary N) is 1. The van der Waals surface area contributed by atoms with E-state index in [2.05, 4.69) is 5.32 Å². The summed E-state index contributed by atoms with van der Waals surface area (Å²) in [5.74, 6) is -0.925. The van der Waals surface area contributed by atoms with Gasteiger partial charge in [-0.2, -0.15) is 0 Å². The maximum atomic E-state index is 11.7. The van der Waals surface area contributed by atoms with Crippen LogP contribution in [0.2, 0.25) is 0 Å². The SMILES string of the molecule is O=C(NC[C@H](O)C(=O)O)C1COc2ccccc2O1. The lowest BCUT2D eigenvalue weighted by atomic mass is 10.2. The first-order valence-corrected chi connectivity index (χ1v) is 5.65. The Bertz CT molecular complexity index is 489. The van der Waals surface area contributed by atoms with E-state index < -0.39 is 24.1 Å². The summed E-state index contributed by atoms with van der Waals surface area (Å²) in [5.41, 5.74) is 0. The van der Waals surface area contributed by atoms with Crippen molar-refractivity contribution in [3.63, 3.8) is 0 Å². The van der Waals surface area contributed by atoms with Crippen molar-refractivity contribution in [1.29, 1.82) is 0 Å². The van der Waals surface area contributed by atoms with Crippen LogP contribution < -0.4 is 14.8 Å². The highest BCUT2D eigenvalue weighted by atomic mass is 16.6. The minimum Gasteiger partial charge on any atom is -0.485 e. The van der Waals surface area contributed by atoms with Crippen molar-refractivity contribution in [3.8, 4) is 11.5 Å². The Labute approximate surface area is 108 Å². The summed E-state index contributed by atoms with van der Waals surface area (Å²) < 4.78 is 10.8. The highest BCUT2D eigenvalue weighted by molar-refractivity contribution is 5.82. The van der Waals surface area contributed by atoms with Crippen molar-refractivity contribution >= 4 is 11.9 Å². The van der Waals surface area contributed by atoms with Gasteiger partial charge in [-0.05, 0) is 12.1 Å². The first-order valence-electron chi connectivity index (χ1n) is 5.65. The van der Waals surface area contributed by atoms with Crippen molar-refractivity contribution in [2.75, 3.05) is 13.2 Å². The zero-order valence-electron chi connectivity index (χ0n) is 9.91. The zero-order chi connectivity index (χ0) is 13.8. The maximum absolute atomic E-state index is 11.7. The monoisotopic (exact) mass is 267 g/mol. The van der Waals surface area contributed by atoms with Crippen LogP contribution >= 0.6 is 0 Å². The van der Waals surface area contributed by atoms with Crippen molar-refractivity contribution < 1.29 is 29.3 Å². The number of aliphatic hydroxyl groups excluding tert-OH is 1. The largest absolute Gasteiger partial charge is 0.485 e. The molecule has 0 bridgehead atoms. The summed E-state index contributed by atoms with van der Waals surface area (Å²) in [7, 11) is 0. The second-order valence-electron chi connectivity index (χ2n) is 3.96. The molecule has 0 radical (unpaired) electrons. The molecule has 1 aliphatic heterocycles. The topological polar surface area (TPSA) is 105 Å². The molecule has 0 spiro atoms. The Kier molecular flexibility index (Phi) is 3.86. The molecule has 0 aliphatic carbocycles. The summed E-state index contributed by atoms with van der Waals surface area (Å²) in [6.07, 6.45) is -2.50. The average molecular weight is 267 g/mol. The molecule has 2 rings (SSSR count). The van der Waals surface area contributed by atoms with E-state index in [1.807, 2.05) is 0 Å². The minimum absolute atomic E-state index is 0.0337. The van der Waals surface area contributed by atoms with E-state index in [-0.39, 0.29) is 13.2 Å². The van der Waals surface area contributed by atoms with Crippen LogP contribution in [-0.2, 0) is 9.59 Å². The molecule has 7 nitrogen and oxygen atoms in total. The standard InChI is InChI=1S/C12H13NO6/c14-7(12(16)17)5-13-11(15)10-6-18-8-3-1-2-4-9(8)19-10/h1-4,7,10,14H,5-6H2,(H,13,15)(H,16,17)/t7-,10?/m0/s1. The first kappa shape index (κ1) is 13.2. The number of fused-ring (bicyclic) bond motifs is 1. The Morgan fingerprint density at radius 1 is 1.37 bits per heavy atom. The van der Waals surface area contributed by atoms with Gasteiger partial charge in [-0.25, -0.2) is 4.79 Å². The highest BCUT2D eigenvalue weighted by Crippen LogP contribution is 2.30. The molecular formula is C12H13NO6. The Balaban J connectivity index is 1.90. The van der Waals surface area contributed by atoms with Crippen molar-refractivity contribution in [1.82, 2.24) is 5.32 Å². The van der Waals surface area contributed by atoms with Crippen molar-refractivity contribution in [2.24, 2.45) is 0 Å². The van der Waals surface area contributed by atoms with Crippen LogP contribution in [0.1, 0.15) is 0 Å². The van der Waals surface area contributed by atoms with E-state index >= 15 is 0 Å². The van der Waals surface area contributed by atoms with Crippen LogP contribution in [0.5, 0.6) is 11.5 Å². The molecule has 0 fully saturated rings. The van der Waals surface area contributed by atoms with Gasteiger partial charge < -0.3 is 25.0 Å². The third kappa shape index (κ3) is 3.14. The molecule has 7 heteroatoms. The molecule has 1 heterocycles. The molecule has 102 valence electrons. The normalized spacial score (nSPS) is 18.5. The Morgan fingerprint density at radius 3 is 2.74 bits per heavy atom. The summed E-state index contributed by atoms with van der Waals surface area (Å²) in [4.78, 5) is 22.1. The number of hydrogen-bond acceptors (Lipinski definition) is 5. The number of rotatable bonds is 4. The van der Waals surface area contributed by atoms with Crippen LogP contribution in [-0.4, -0.2) is 47.4 Å². The molecule has 3 N–H and O–H groups in total. The quantitative estimate of drug-likeness (QED) is 0.672. The van der Waals surface area contributed by atoms with E-state index in [4.69, 9.17) is 19.7 Å². The van der Waals surface area contributed by atoms with Crippen LogP contribution in [0.3, 0.4) is 0 Å². The van der Waals surface area contributed by atoms with Gasteiger partial charge in [0.2, 0.25) is 6.10 Å². The van der Waals surface area contributed by atoms with Crippen molar-refractivity contribution in [3.05, 3.63) is 24.3 Å². The fourth-order valence-corrected chi connectivity index (χ4v) is 1.55. The summed E-state index contributed by atoms with van der Waals surface area (Å²) in [5, 5.41) is 19.8. The van der Waals surface area contributed by atoms with E-state index in [1.165, 1.54) is 0 Å². The van der Waals surface area contributed by atoms with Gasteiger partial charge in [0.05, 0.1) is 6.54 Å². The van der Waals surface area contributed by atoms with Crippen LogP contribution in [0.4, 0.5) is 0 Å². The number of aliphatic carboxylic acids is 1. The third-order valence-corrected chi connectivity index (χ3v) is 2.56. The van der Waals surface area contributed by atoms with E-state index in [9.17, 15) is 9.59 Å². The molecular weight excluding hydrogens is 254 g/mol. The molecule has 1 aliphatic rings. The Morgan fingerprint density at radius 2 is 2.05 bits per heavy atom. The lowest BCUT2D eigenvalue weighted by Crippen LogP contribution is -2.47. The third-order valence-electron chi connectivity index (χ3n) is 2.56. The molecule has 1 amide bonds. The zero-order valence-corrected chi connectivity index (χ0v) is 9.91. The molecule has 2 atom stereocenters. The second kappa shape index (κ2) is 5.57. The van der Waals surface area contributed by atoms with Gasteiger partial charge >= 0.3 is 5.97 Å². The number of aliphatic hydroxyl groups is 1. The summed E-state index contributed by atoms with van der Waals surface area (Å²) in [6, 6.07) is 6.92. The smallest absolute Gasteiger partial charge is 0.334 e. The number of carbonyl (C=O) groups excluding carboxylic acids is 1. The van der Waals surface area contributed by atoms with Gasteiger partial charge in [-0.15, -0.1) is 0 Å². The average Bonchev–Trinajstić information content (AvgIpc) is 2.43. The number of carboxylic acid groups (broad SMARTS) is 1. The van der Waals surface area contributed by atoms with Gasteiger partial charge in [0, 0.05) is 0 Å². The number of ether oxygens (including phenoxy) is 2. The molecule has 1 aromatic rings. The van der Waals surface area contributed by atoms with Crippen LogP contribution in [0, 0.1) is 0 Å². The predicted molar refractivity (Wildman–Crippen MR) is 63.0 cm³/mol. The molecule has 0 saturated carbocycles. The van der Waals surface area contributed by atoms with Gasteiger partial charge in [-0.1, -0.05) is 12.1 Å². The van der Waals surface area contributed by atoms with Gasteiger partial charge in [0.15, 0.2) is 17.6 Å². The van der Waals surface area contributed by atoms with E-state index in [1.54, 1.807) is 24.3 Å².